The Labute approximate surface area is 216 Å². The van der Waals surface area contributed by atoms with Crippen LogP contribution in [0.4, 0.5) is 4.39 Å². The Morgan fingerprint density at radius 1 is 1.17 bits per heavy atom. The molecular weight excluding hydrogens is 457 g/mol. The molecule has 0 spiro atoms. The Morgan fingerprint density at radius 2 is 1.94 bits per heavy atom. The third-order valence-corrected chi connectivity index (χ3v) is 8.27. The molecule has 2 fully saturated rings. The maximum Gasteiger partial charge on any atom is 0.306 e. The van der Waals surface area contributed by atoms with Crippen molar-refractivity contribution in [2.24, 2.45) is 11.3 Å². The number of carbonyl (C=O) groups excluding carboxylic acids is 2. The fourth-order valence-corrected chi connectivity index (χ4v) is 5.43. The number of unbranched alkanes of at least 4 members (excludes halogenated alkanes) is 1. The van der Waals surface area contributed by atoms with Crippen LogP contribution >= 0.6 is 0 Å². The predicted octanol–water partition coefficient (Wildman–Crippen LogP) is 7.39. The van der Waals surface area contributed by atoms with Gasteiger partial charge in [-0.05, 0) is 56.7 Å². The zero-order chi connectivity index (χ0) is 26.4. The van der Waals surface area contributed by atoms with Crippen molar-refractivity contribution >= 4 is 17.8 Å². The molecule has 200 valence electrons. The zero-order valence-corrected chi connectivity index (χ0v) is 22.8. The lowest BCUT2D eigenvalue weighted by Gasteiger charge is -2.26. The Hall–Kier alpha value is -2.08. The number of epoxide rings is 1. The summed E-state index contributed by atoms with van der Waals surface area (Å²) in [5.41, 5.74) is -1.03. The van der Waals surface area contributed by atoms with Crippen molar-refractivity contribution < 1.29 is 23.5 Å². The third-order valence-electron chi connectivity index (χ3n) is 8.27. The highest BCUT2D eigenvalue weighted by Gasteiger charge is 2.66. The standard InChI is InChI=1S/C30H44FNO4/c1-6-7-17-30-21-25(24(31)20-23-12-8-9-19-32-23)35-27(34)15-18-28(3,4)26(33)14-13-22(2)11-10-16-29(30,5)36-30/h8-9,12,19-20,22,25H,6-7,10-11,13-18,21H2,1-5H3/b24-20-. The van der Waals surface area contributed by atoms with Crippen LogP contribution in [0.3, 0.4) is 0 Å². The largest absolute Gasteiger partial charge is 0.455 e. The van der Waals surface area contributed by atoms with Gasteiger partial charge in [0.15, 0.2) is 6.10 Å². The molecule has 0 saturated carbocycles. The molecule has 5 nitrogen and oxygen atoms in total. The van der Waals surface area contributed by atoms with E-state index in [1.807, 2.05) is 13.8 Å². The number of halogens is 1. The van der Waals surface area contributed by atoms with E-state index in [0.717, 1.165) is 44.9 Å². The Balaban J connectivity index is 1.89. The summed E-state index contributed by atoms with van der Waals surface area (Å²) in [7, 11) is 0. The van der Waals surface area contributed by atoms with E-state index in [-0.39, 0.29) is 24.2 Å². The highest BCUT2D eigenvalue weighted by atomic mass is 19.1. The summed E-state index contributed by atoms with van der Waals surface area (Å²) in [4.78, 5) is 30.0. The average molecular weight is 502 g/mol. The molecule has 2 aliphatic heterocycles. The number of ether oxygens (including phenoxy) is 2. The number of cyclic esters (lactones) is 1. The van der Waals surface area contributed by atoms with Crippen molar-refractivity contribution in [1.82, 2.24) is 4.98 Å². The van der Waals surface area contributed by atoms with Gasteiger partial charge in [-0.2, -0.15) is 0 Å². The van der Waals surface area contributed by atoms with E-state index in [9.17, 15) is 9.59 Å². The minimum Gasteiger partial charge on any atom is -0.455 e. The van der Waals surface area contributed by atoms with E-state index >= 15 is 4.39 Å². The topological polar surface area (TPSA) is 68.8 Å². The number of pyridine rings is 1. The van der Waals surface area contributed by atoms with Crippen LogP contribution in [-0.2, 0) is 19.1 Å². The maximum atomic E-state index is 15.6. The van der Waals surface area contributed by atoms with Gasteiger partial charge in [0.1, 0.15) is 17.2 Å². The van der Waals surface area contributed by atoms with E-state index in [4.69, 9.17) is 9.47 Å². The lowest BCUT2D eigenvalue weighted by molar-refractivity contribution is -0.149. The van der Waals surface area contributed by atoms with Crippen LogP contribution in [0.2, 0.25) is 0 Å². The first-order chi connectivity index (χ1) is 17.0. The van der Waals surface area contributed by atoms with Gasteiger partial charge in [-0.3, -0.25) is 14.6 Å². The number of Topliss-reactive ketones (excluding diaryl/α,β-unsaturated/α-hetero) is 1. The van der Waals surface area contributed by atoms with E-state index in [1.165, 1.54) is 6.08 Å². The number of aromatic nitrogens is 1. The number of carbonyl (C=O) groups is 2. The number of hydrogen-bond donors (Lipinski definition) is 0. The highest BCUT2D eigenvalue weighted by molar-refractivity contribution is 5.84. The van der Waals surface area contributed by atoms with Gasteiger partial charge >= 0.3 is 5.97 Å². The average Bonchev–Trinajstić information content (AvgIpc) is 3.42. The monoisotopic (exact) mass is 501 g/mol. The second-order valence-corrected chi connectivity index (χ2v) is 11.7. The molecule has 2 saturated heterocycles. The molecule has 1 aromatic rings. The fourth-order valence-electron chi connectivity index (χ4n) is 5.43. The molecule has 4 atom stereocenters. The summed E-state index contributed by atoms with van der Waals surface area (Å²) in [5, 5.41) is 0. The SMILES string of the molecule is CCCCC12CC(/C(F)=C/c3ccccn3)OC(=O)CCC(C)(C)C(=O)CCC(C)CCCC1(C)O2. The van der Waals surface area contributed by atoms with Crippen LogP contribution in [-0.4, -0.2) is 34.0 Å². The summed E-state index contributed by atoms with van der Waals surface area (Å²) >= 11 is 0. The number of rotatable bonds is 5. The molecule has 0 radical (unpaired) electrons. The predicted molar refractivity (Wildman–Crippen MR) is 140 cm³/mol. The van der Waals surface area contributed by atoms with Crippen LogP contribution in [0.25, 0.3) is 6.08 Å². The van der Waals surface area contributed by atoms with Crippen LogP contribution in [0.15, 0.2) is 30.2 Å². The Kier molecular flexibility index (Phi) is 9.48. The minimum absolute atomic E-state index is 0.0712. The Bertz CT molecular complexity index is 930. The van der Waals surface area contributed by atoms with Crippen molar-refractivity contribution in [2.75, 3.05) is 0 Å². The van der Waals surface area contributed by atoms with E-state index in [1.54, 1.807) is 24.4 Å². The second-order valence-electron chi connectivity index (χ2n) is 11.7. The molecule has 6 heteroatoms. The van der Waals surface area contributed by atoms with E-state index < -0.39 is 28.9 Å². The normalized spacial score (nSPS) is 32.4. The summed E-state index contributed by atoms with van der Waals surface area (Å²) < 4.78 is 27.8. The van der Waals surface area contributed by atoms with Crippen LogP contribution in [0.5, 0.6) is 0 Å². The van der Waals surface area contributed by atoms with Gasteiger partial charge in [0.05, 0.1) is 11.3 Å². The first-order valence-corrected chi connectivity index (χ1v) is 13.7. The fraction of sp³-hybridized carbons (Fsp3) is 0.700. The quantitative estimate of drug-likeness (QED) is 0.311. The number of nitrogens with zero attached hydrogens (tertiary/aromatic N) is 1. The van der Waals surface area contributed by atoms with Crippen LogP contribution < -0.4 is 0 Å². The summed E-state index contributed by atoms with van der Waals surface area (Å²) in [5.74, 6) is -0.399. The van der Waals surface area contributed by atoms with Crippen molar-refractivity contribution in [2.45, 2.75) is 123 Å². The lowest BCUT2D eigenvalue weighted by atomic mass is 9.79. The number of esters is 1. The smallest absolute Gasteiger partial charge is 0.306 e. The number of fused-ring (bicyclic) bond motifs is 1. The molecule has 3 heterocycles. The van der Waals surface area contributed by atoms with E-state index in [2.05, 4.69) is 25.8 Å². The summed E-state index contributed by atoms with van der Waals surface area (Å²) in [6.07, 6.45) is 9.68. The third kappa shape index (κ3) is 7.24. The van der Waals surface area contributed by atoms with E-state index in [0.29, 0.717) is 24.5 Å². The van der Waals surface area contributed by atoms with Gasteiger partial charge in [-0.15, -0.1) is 0 Å². The molecule has 0 amide bonds. The van der Waals surface area contributed by atoms with Gasteiger partial charge in [-0.25, -0.2) is 4.39 Å². The van der Waals surface area contributed by atoms with Crippen molar-refractivity contribution in [3.63, 3.8) is 0 Å². The summed E-state index contributed by atoms with van der Waals surface area (Å²) in [6.45, 7) is 10.2. The van der Waals surface area contributed by atoms with Gasteiger partial charge in [0.2, 0.25) is 0 Å². The molecule has 36 heavy (non-hydrogen) atoms. The van der Waals surface area contributed by atoms with Gasteiger partial charge in [-0.1, -0.05) is 59.4 Å². The van der Waals surface area contributed by atoms with Crippen LogP contribution in [0.1, 0.15) is 111 Å². The van der Waals surface area contributed by atoms with Gasteiger partial charge in [0, 0.05) is 30.9 Å². The molecule has 2 aliphatic rings. The first-order valence-electron chi connectivity index (χ1n) is 13.7. The Morgan fingerprint density at radius 3 is 2.64 bits per heavy atom. The maximum absolute atomic E-state index is 15.6. The summed E-state index contributed by atoms with van der Waals surface area (Å²) in [6, 6.07) is 5.28. The number of hydrogen-bond acceptors (Lipinski definition) is 5. The highest BCUT2D eigenvalue weighted by Crippen LogP contribution is 2.57. The molecule has 3 rings (SSSR count). The van der Waals surface area contributed by atoms with Crippen molar-refractivity contribution in [1.29, 1.82) is 0 Å². The number of ketones is 1. The van der Waals surface area contributed by atoms with Crippen molar-refractivity contribution in [3.05, 3.63) is 35.9 Å². The molecule has 0 aliphatic carbocycles. The van der Waals surface area contributed by atoms with Crippen LogP contribution in [0, 0.1) is 11.3 Å². The molecule has 0 aromatic carbocycles. The minimum atomic E-state index is -1.05. The molecule has 4 unspecified atom stereocenters. The zero-order valence-electron chi connectivity index (χ0n) is 22.8. The molecule has 0 bridgehead atoms. The molecule has 0 N–H and O–H groups in total. The van der Waals surface area contributed by atoms with Gasteiger partial charge in [0.25, 0.3) is 0 Å². The molecular formula is C30H44FNO4. The molecule has 1 aromatic heterocycles. The first kappa shape index (κ1) is 28.5. The second kappa shape index (κ2) is 12.0. The lowest BCUT2D eigenvalue weighted by Crippen LogP contribution is -2.32. The van der Waals surface area contributed by atoms with Crippen molar-refractivity contribution in [3.8, 4) is 0 Å². The van der Waals surface area contributed by atoms with Gasteiger partial charge < -0.3 is 9.47 Å².